The first-order chi connectivity index (χ1) is 9.81. The van der Waals surface area contributed by atoms with Crippen molar-refractivity contribution >= 4 is 15.7 Å². The molecule has 0 saturated carbocycles. The fourth-order valence-corrected chi connectivity index (χ4v) is 3.38. The first kappa shape index (κ1) is 15.5. The van der Waals surface area contributed by atoms with Crippen LogP contribution in [0.3, 0.4) is 0 Å². The van der Waals surface area contributed by atoms with Crippen molar-refractivity contribution in [2.75, 3.05) is 5.73 Å². The van der Waals surface area contributed by atoms with Crippen molar-refractivity contribution in [3.63, 3.8) is 0 Å². The van der Waals surface area contributed by atoms with Crippen molar-refractivity contribution in [2.45, 2.75) is 24.8 Å². The van der Waals surface area contributed by atoms with Gasteiger partial charge in [-0.15, -0.1) is 0 Å². The van der Waals surface area contributed by atoms with E-state index in [0.717, 1.165) is 23.3 Å². The van der Waals surface area contributed by atoms with Gasteiger partial charge in [-0.3, -0.25) is 0 Å². The zero-order valence-electron chi connectivity index (χ0n) is 11.8. The molecule has 0 amide bonds. The summed E-state index contributed by atoms with van der Waals surface area (Å²) in [6.07, 6.45) is 0. The third kappa shape index (κ3) is 3.40. The highest BCUT2D eigenvalue weighted by Gasteiger charge is 2.20. The minimum Gasteiger partial charge on any atom is -0.396 e. The molecule has 2 aromatic carbocycles. The van der Waals surface area contributed by atoms with E-state index >= 15 is 0 Å². The van der Waals surface area contributed by atoms with Crippen molar-refractivity contribution in [1.82, 2.24) is 4.72 Å². The van der Waals surface area contributed by atoms with Crippen LogP contribution in [0.4, 0.5) is 10.1 Å². The van der Waals surface area contributed by atoms with Crippen LogP contribution < -0.4 is 10.5 Å². The fourth-order valence-electron chi connectivity index (χ4n) is 2.13. The van der Waals surface area contributed by atoms with Crippen LogP contribution in [0.5, 0.6) is 0 Å². The summed E-state index contributed by atoms with van der Waals surface area (Å²) < 4.78 is 40.3. The van der Waals surface area contributed by atoms with Crippen LogP contribution in [0, 0.1) is 12.7 Å². The standard InChI is InChI=1S/C15H17FN2O2S/c1-10-5-3-4-6-13(10)11(2)18-21(19,20)12-7-8-14(16)15(17)9-12/h3-9,11,18H,17H2,1-2H3. The van der Waals surface area contributed by atoms with E-state index in [-0.39, 0.29) is 10.6 Å². The maximum absolute atomic E-state index is 13.1. The molecular formula is C15H17FN2O2S. The molecule has 0 heterocycles. The molecule has 2 rings (SSSR count). The molecule has 0 fully saturated rings. The van der Waals surface area contributed by atoms with E-state index in [1.54, 1.807) is 6.92 Å². The quantitative estimate of drug-likeness (QED) is 0.853. The molecule has 0 aromatic heterocycles. The minimum absolute atomic E-state index is 0.0539. The highest BCUT2D eigenvalue weighted by atomic mass is 32.2. The Morgan fingerprint density at radius 1 is 1.19 bits per heavy atom. The summed E-state index contributed by atoms with van der Waals surface area (Å²) in [7, 11) is -3.76. The number of rotatable bonds is 4. The van der Waals surface area contributed by atoms with Gasteiger partial charge >= 0.3 is 0 Å². The largest absolute Gasteiger partial charge is 0.396 e. The van der Waals surface area contributed by atoms with Gasteiger partial charge in [0.25, 0.3) is 0 Å². The number of benzene rings is 2. The van der Waals surface area contributed by atoms with Gasteiger partial charge in [0.2, 0.25) is 10.0 Å². The summed E-state index contributed by atoms with van der Waals surface area (Å²) in [6, 6.07) is 10.5. The Labute approximate surface area is 123 Å². The van der Waals surface area contributed by atoms with E-state index in [0.29, 0.717) is 0 Å². The zero-order chi connectivity index (χ0) is 15.6. The summed E-state index contributed by atoms with van der Waals surface area (Å²) in [4.78, 5) is -0.0539. The molecule has 0 bridgehead atoms. The maximum Gasteiger partial charge on any atom is 0.241 e. The van der Waals surface area contributed by atoms with Crippen molar-refractivity contribution in [2.24, 2.45) is 0 Å². The fraction of sp³-hybridized carbons (Fsp3) is 0.200. The number of nitrogens with one attached hydrogen (secondary N) is 1. The van der Waals surface area contributed by atoms with E-state index in [1.807, 2.05) is 31.2 Å². The number of nitrogen functional groups attached to an aromatic ring is 1. The Morgan fingerprint density at radius 3 is 2.48 bits per heavy atom. The van der Waals surface area contributed by atoms with Crippen LogP contribution in [-0.2, 0) is 10.0 Å². The van der Waals surface area contributed by atoms with Gasteiger partial charge in [0.1, 0.15) is 5.82 Å². The molecule has 1 atom stereocenters. The Balaban J connectivity index is 2.29. The maximum atomic E-state index is 13.1. The molecule has 21 heavy (non-hydrogen) atoms. The summed E-state index contributed by atoms with van der Waals surface area (Å²) in [5.74, 6) is -0.638. The average Bonchev–Trinajstić information content (AvgIpc) is 2.41. The summed E-state index contributed by atoms with van der Waals surface area (Å²) in [5.41, 5.74) is 7.10. The molecule has 4 nitrogen and oxygen atoms in total. The van der Waals surface area contributed by atoms with Gasteiger partial charge in [0.15, 0.2) is 0 Å². The van der Waals surface area contributed by atoms with Crippen LogP contribution >= 0.6 is 0 Å². The Kier molecular flexibility index (Phi) is 4.29. The number of anilines is 1. The first-order valence-corrected chi connectivity index (χ1v) is 7.92. The van der Waals surface area contributed by atoms with Gasteiger partial charge in [0.05, 0.1) is 10.6 Å². The molecule has 0 radical (unpaired) electrons. The van der Waals surface area contributed by atoms with Gasteiger partial charge < -0.3 is 5.73 Å². The van der Waals surface area contributed by atoms with Gasteiger partial charge in [-0.1, -0.05) is 24.3 Å². The van der Waals surface area contributed by atoms with Gasteiger partial charge in [-0.05, 0) is 43.2 Å². The lowest BCUT2D eigenvalue weighted by Gasteiger charge is -2.17. The number of hydrogen-bond donors (Lipinski definition) is 2. The molecule has 3 N–H and O–H groups in total. The van der Waals surface area contributed by atoms with Crippen molar-refractivity contribution in [1.29, 1.82) is 0 Å². The van der Waals surface area contributed by atoms with Crippen LogP contribution in [0.25, 0.3) is 0 Å². The average molecular weight is 308 g/mol. The van der Waals surface area contributed by atoms with Crippen LogP contribution in [0.1, 0.15) is 24.1 Å². The second-order valence-corrected chi connectivity index (χ2v) is 6.60. The van der Waals surface area contributed by atoms with E-state index in [4.69, 9.17) is 5.73 Å². The van der Waals surface area contributed by atoms with E-state index < -0.39 is 21.9 Å². The molecular weight excluding hydrogens is 291 g/mol. The monoisotopic (exact) mass is 308 g/mol. The lowest BCUT2D eigenvalue weighted by molar-refractivity contribution is 0.566. The topological polar surface area (TPSA) is 72.2 Å². The van der Waals surface area contributed by atoms with Gasteiger partial charge in [0, 0.05) is 6.04 Å². The second-order valence-electron chi connectivity index (χ2n) is 4.88. The Bertz CT molecular complexity index is 760. The lowest BCUT2D eigenvalue weighted by atomic mass is 10.0. The molecule has 112 valence electrons. The second kappa shape index (κ2) is 5.83. The number of aryl methyl sites for hydroxylation is 1. The normalized spacial score (nSPS) is 13.1. The van der Waals surface area contributed by atoms with E-state index in [2.05, 4.69) is 4.72 Å². The SMILES string of the molecule is Cc1ccccc1C(C)NS(=O)(=O)c1ccc(F)c(N)c1. The smallest absolute Gasteiger partial charge is 0.241 e. The number of hydrogen-bond acceptors (Lipinski definition) is 3. The third-order valence-electron chi connectivity index (χ3n) is 3.26. The molecule has 0 aliphatic carbocycles. The molecule has 0 spiro atoms. The summed E-state index contributed by atoms with van der Waals surface area (Å²) in [6.45, 7) is 3.67. The molecule has 6 heteroatoms. The van der Waals surface area contributed by atoms with Gasteiger partial charge in [-0.25, -0.2) is 17.5 Å². The lowest BCUT2D eigenvalue weighted by Crippen LogP contribution is -2.27. The molecule has 0 saturated heterocycles. The number of nitrogens with two attached hydrogens (primary N) is 1. The molecule has 0 aliphatic heterocycles. The third-order valence-corrected chi connectivity index (χ3v) is 4.80. The van der Waals surface area contributed by atoms with Crippen molar-refractivity contribution < 1.29 is 12.8 Å². The molecule has 1 unspecified atom stereocenters. The zero-order valence-corrected chi connectivity index (χ0v) is 12.6. The highest BCUT2D eigenvalue weighted by Crippen LogP contribution is 2.21. The molecule has 0 aliphatic rings. The molecule has 2 aromatic rings. The highest BCUT2D eigenvalue weighted by molar-refractivity contribution is 7.89. The summed E-state index contributed by atoms with van der Waals surface area (Å²) in [5, 5.41) is 0. The summed E-state index contributed by atoms with van der Waals surface area (Å²) >= 11 is 0. The number of sulfonamides is 1. The van der Waals surface area contributed by atoms with Gasteiger partial charge in [-0.2, -0.15) is 0 Å². The predicted octanol–water partition coefficient (Wildman–Crippen LogP) is 2.76. The van der Waals surface area contributed by atoms with E-state index in [9.17, 15) is 12.8 Å². The minimum atomic E-state index is -3.76. The van der Waals surface area contributed by atoms with Crippen molar-refractivity contribution in [3.8, 4) is 0 Å². The van der Waals surface area contributed by atoms with Crippen LogP contribution in [0.2, 0.25) is 0 Å². The van der Waals surface area contributed by atoms with Crippen LogP contribution in [0.15, 0.2) is 47.4 Å². The number of halogens is 1. The Hall–Kier alpha value is -1.92. The van der Waals surface area contributed by atoms with Crippen LogP contribution in [-0.4, -0.2) is 8.42 Å². The van der Waals surface area contributed by atoms with E-state index in [1.165, 1.54) is 6.07 Å². The Morgan fingerprint density at radius 2 is 1.86 bits per heavy atom. The predicted molar refractivity (Wildman–Crippen MR) is 80.7 cm³/mol. The van der Waals surface area contributed by atoms with Crippen molar-refractivity contribution in [3.05, 3.63) is 59.4 Å². The first-order valence-electron chi connectivity index (χ1n) is 6.44.